The lowest BCUT2D eigenvalue weighted by molar-refractivity contribution is 0.0938. The Balaban J connectivity index is 2.12. The number of nitrogens with one attached hydrogen (secondary N) is 1. The van der Waals surface area contributed by atoms with Crippen molar-refractivity contribution in [1.29, 1.82) is 0 Å². The number of benzene rings is 2. The van der Waals surface area contributed by atoms with Gasteiger partial charge in [-0.05, 0) is 50.8 Å². The topological polar surface area (TPSA) is 50.8 Å². The van der Waals surface area contributed by atoms with Crippen LogP contribution in [0.5, 0.6) is 11.5 Å². The zero-order chi connectivity index (χ0) is 18.2. The van der Waals surface area contributed by atoms with Gasteiger partial charge < -0.3 is 19.7 Å². The third kappa shape index (κ3) is 4.97. The number of likely N-dealkylation sites (N-methyl/N-ethyl adjacent to an activating group) is 1. The smallest absolute Gasteiger partial charge is 0.255 e. The minimum atomic E-state index is -0.140. The number of rotatable bonds is 8. The summed E-state index contributed by atoms with van der Waals surface area (Å²) in [5.74, 6) is 1.27. The first-order chi connectivity index (χ1) is 12.1. The lowest BCUT2D eigenvalue weighted by Crippen LogP contribution is -2.34. The Morgan fingerprint density at radius 3 is 2.60 bits per heavy atom. The van der Waals surface area contributed by atoms with Gasteiger partial charge in [-0.2, -0.15) is 0 Å². The zero-order valence-electron chi connectivity index (χ0n) is 15.3. The standard InChI is InChI=1S/C20H26N2O3/c1-5-25-19-12-7-6-11-17(19)20(23)21-14-18(22(2)3)15-9-8-10-16(13-15)24-4/h6-13,18H,5,14H2,1-4H3,(H,21,23). The fourth-order valence-electron chi connectivity index (χ4n) is 2.67. The first-order valence-corrected chi connectivity index (χ1v) is 8.37. The molecule has 1 unspecified atom stereocenters. The summed E-state index contributed by atoms with van der Waals surface area (Å²) in [5, 5.41) is 3.01. The normalized spacial score (nSPS) is 11.9. The van der Waals surface area contributed by atoms with Gasteiger partial charge in [0.15, 0.2) is 0 Å². The fraction of sp³-hybridized carbons (Fsp3) is 0.350. The van der Waals surface area contributed by atoms with Crippen molar-refractivity contribution in [3.8, 4) is 11.5 Å². The van der Waals surface area contributed by atoms with Gasteiger partial charge in [0.25, 0.3) is 5.91 Å². The van der Waals surface area contributed by atoms with E-state index in [4.69, 9.17) is 9.47 Å². The van der Waals surface area contributed by atoms with E-state index in [1.165, 1.54) is 0 Å². The number of nitrogens with zero attached hydrogens (tertiary/aromatic N) is 1. The van der Waals surface area contributed by atoms with Crippen LogP contribution < -0.4 is 14.8 Å². The average Bonchev–Trinajstić information content (AvgIpc) is 2.62. The van der Waals surface area contributed by atoms with Gasteiger partial charge in [0.1, 0.15) is 11.5 Å². The van der Waals surface area contributed by atoms with Gasteiger partial charge in [0, 0.05) is 6.54 Å². The molecule has 2 aromatic rings. The summed E-state index contributed by atoms with van der Waals surface area (Å²) < 4.78 is 10.8. The Bertz CT molecular complexity index is 701. The van der Waals surface area contributed by atoms with Crippen molar-refractivity contribution in [1.82, 2.24) is 10.2 Å². The van der Waals surface area contributed by atoms with Gasteiger partial charge in [-0.25, -0.2) is 0 Å². The molecule has 0 aromatic heterocycles. The van der Waals surface area contributed by atoms with Gasteiger partial charge in [-0.15, -0.1) is 0 Å². The molecule has 0 saturated heterocycles. The van der Waals surface area contributed by atoms with Crippen molar-refractivity contribution in [2.24, 2.45) is 0 Å². The van der Waals surface area contributed by atoms with Crippen molar-refractivity contribution in [3.05, 3.63) is 59.7 Å². The van der Waals surface area contributed by atoms with Crippen LogP contribution in [0.4, 0.5) is 0 Å². The fourth-order valence-corrected chi connectivity index (χ4v) is 2.67. The summed E-state index contributed by atoms with van der Waals surface area (Å²) in [5.41, 5.74) is 1.63. The van der Waals surface area contributed by atoms with Crippen LogP contribution in [0.15, 0.2) is 48.5 Å². The second kappa shape index (κ2) is 9.08. The summed E-state index contributed by atoms with van der Waals surface area (Å²) in [6.07, 6.45) is 0. The van der Waals surface area contributed by atoms with Crippen molar-refractivity contribution >= 4 is 5.91 Å². The highest BCUT2D eigenvalue weighted by molar-refractivity contribution is 5.96. The molecule has 0 fully saturated rings. The van der Waals surface area contributed by atoms with Gasteiger partial charge in [0.2, 0.25) is 0 Å². The molecule has 134 valence electrons. The molecule has 1 N–H and O–H groups in total. The number of hydrogen-bond acceptors (Lipinski definition) is 4. The maximum atomic E-state index is 12.6. The van der Waals surface area contributed by atoms with Crippen LogP contribution in [0.3, 0.4) is 0 Å². The highest BCUT2D eigenvalue weighted by Gasteiger charge is 2.18. The third-order valence-electron chi connectivity index (χ3n) is 3.99. The Kier molecular flexibility index (Phi) is 6.83. The molecule has 2 aromatic carbocycles. The molecule has 0 spiro atoms. The second-order valence-electron chi connectivity index (χ2n) is 5.90. The Morgan fingerprint density at radius 2 is 1.92 bits per heavy atom. The quantitative estimate of drug-likeness (QED) is 0.801. The van der Waals surface area contributed by atoms with E-state index in [0.717, 1.165) is 11.3 Å². The first-order valence-electron chi connectivity index (χ1n) is 8.37. The number of amides is 1. The Labute approximate surface area is 149 Å². The van der Waals surface area contributed by atoms with Gasteiger partial charge >= 0.3 is 0 Å². The molecule has 5 heteroatoms. The van der Waals surface area contributed by atoms with E-state index >= 15 is 0 Å². The molecule has 0 aliphatic rings. The molecule has 5 nitrogen and oxygen atoms in total. The number of ether oxygens (including phenoxy) is 2. The van der Waals surface area contributed by atoms with Crippen LogP contribution in [0.1, 0.15) is 28.9 Å². The molecule has 0 heterocycles. The van der Waals surface area contributed by atoms with Crippen molar-refractivity contribution in [3.63, 3.8) is 0 Å². The summed E-state index contributed by atoms with van der Waals surface area (Å²) in [4.78, 5) is 14.7. The zero-order valence-corrected chi connectivity index (χ0v) is 15.3. The van der Waals surface area contributed by atoms with Crippen molar-refractivity contribution < 1.29 is 14.3 Å². The van der Waals surface area contributed by atoms with Crippen molar-refractivity contribution in [2.75, 3.05) is 34.4 Å². The number of para-hydroxylation sites is 1. The number of carbonyl (C=O) groups is 1. The number of hydrogen-bond donors (Lipinski definition) is 1. The van der Waals surface area contributed by atoms with Crippen LogP contribution >= 0.6 is 0 Å². The van der Waals surface area contributed by atoms with E-state index in [9.17, 15) is 4.79 Å². The molecular weight excluding hydrogens is 316 g/mol. The van der Waals surface area contributed by atoms with E-state index in [2.05, 4.69) is 10.2 Å². The molecule has 0 bridgehead atoms. The molecule has 0 aliphatic heterocycles. The van der Waals surface area contributed by atoms with E-state index in [-0.39, 0.29) is 11.9 Å². The summed E-state index contributed by atoms with van der Waals surface area (Å²) in [6.45, 7) is 2.91. The van der Waals surface area contributed by atoms with Crippen LogP contribution in [0.25, 0.3) is 0 Å². The molecular formula is C20H26N2O3. The van der Waals surface area contributed by atoms with E-state index < -0.39 is 0 Å². The maximum Gasteiger partial charge on any atom is 0.255 e. The van der Waals surface area contributed by atoms with Crippen LogP contribution in [0.2, 0.25) is 0 Å². The lowest BCUT2D eigenvalue weighted by atomic mass is 10.1. The minimum Gasteiger partial charge on any atom is -0.497 e. The van der Waals surface area contributed by atoms with E-state index in [0.29, 0.717) is 24.5 Å². The maximum absolute atomic E-state index is 12.6. The Hall–Kier alpha value is -2.53. The summed E-state index contributed by atoms with van der Waals surface area (Å²) in [7, 11) is 5.63. The van der Waals surface area contributed by atoms with Gasteiger partial charge in [0.05, 0.1) is 25.3 Å². The molecule has 1 atom stereocenters. The molecule has 0 aliphatic carbocycles. The Morgan fingerprint density at radius 1 is 1.16 bits per heavy atom. The first kappa shape index (κ1) is 18.8. The van der Waals surface area contributed by atoms with Crippen LogP contribution in [-0.2, 0) is 0 Å². The lowest BCUT2D eigenvalue weighted by Gasteiger charge is -2.25. The van der Waals surface area contributed by atoms with Crippen LogP contribution in [-0.4, -0.2) is 45.2 Å². The predicted molar refractivity (Wildman–Crippen MR) is 99.4 cm³/mol. The molecule has 2 rings (SSSR count). The van der Waals surface area contributed by atoms with Gasteiger partial charge in [-0.1, -0.05) is 24.3 Å². The summed E-state index contributed by atoms with van der Waals surface area (Å²) in [6, 6.07) is 15.2. The largest absolute Gasteiger partial charge is 0.497 e. The minimum absolute atomic E-state index is 0.0401. The highest BCUT2D eigenvalue weighted by Crippen LogP contribution is 2.23. The summed E-state index contributed by atoms with van der Waals surface area (Å²) >= 11 is 0. The molecule has 1 amide bonds. The number of carbonyl (C=O) groups excluding carboxylic acids is 1. The van der Waals surface area contributed by atoms with E-state index in [1.807, 2.05) is 63.5 Å². The third-order valence-corrected chi connectivity index (χ3v) is 3.99. The average molecular weight is 342 g/mol. The second-order valence-corrected chi connectivity index (χ2v) is 5.90. The molecule has 0 radical (unpaired) electrons. The molecule has 0 saturated carbocycles. The van der Waals surface area contributed by atoms with Crippen molar-refractivity contribution in [2.45, 2.75) is 13.0 Å². The van der Waals surface area contributed by atoms with Gasteiger partial charge in [-0.3, -0.25) is 4.79 Å². The monoisotopic (exact) mass is 342 g/mol. The SMILES string of the molecule is CCOc1ccccc1C(=O)NCC(c1cccc(OC)c1)N(C)C. The van der Waals surface area contributed by atoms with Crippen LogP contribution in [0, 0.1) is 0 Å². The number of methoxy groups -OCH3 is 1. The highest BCUT2D eigenvalue weighted by atomic mass is 16.5. The van der Waals surface area contributed by atoms with E-state index in [1.54, 1.807) is 13.2 Å². The molecule has 25 heavy (non-hydrogen) atoms. The predicted octanol–water partition coefficient (Wildman–Crippen LogP) is 3.13.